The van der Waals surface area contributed by atoms with Crippen LogP contribution in [0.1, 0.15) is 49.1 Å². The number of hydrogen-bond donors (Lipinski definition) is 2. The third-order valence-electron chi connectivity index (χ3n) is 3.36. The summed E-state index contributed by atoms with van der Waals surface area (Å²) in [5.74, 6) is 0.487. The van der Waals surface area contributed by atoms with E-state index in [1.54, 1.807) is 0 Å². The maximum Gasteiger partial charge on any atom is 0.256 e. The third kappa shape index (κ3) is 4.68. The average molecular weight is 311 g/mol. The molecular weight excluding hydrogens is 286 g/mol. The van der Waals surface area contributed by atoms with Crippen LogP contribution in [0, 0.1) is 19.3 Å². The molecule has 6 heteroatoms. The summed E-state index contributed by atoms with van der Waals surface area (Å²) in [6.45, 7) is 9.81. The number of aliphatic hydroxyl groups excluding tert-OH is 1. The van der Waals surface area contributed by atoms with E-state index in [-0.39, 0.29) is 24.0 Å². The molecule has 1 unspecified atom stereocenters. The van der Waals surface area contributed by atoms with Crippen LogP contribution in [0.4, 0.5) is 0 Å². The van der Waals surface area contributed by atoms with Gasteiger partial charge in [0.25, 0.3) is 5.91 Å². The molecule has 1 heterocycles. The Bertz CT molecular complexity index is 512. The molecule has 1 amide bonds. The zero-order valence-corrected chi connectivity index (χ0v) is 14.5. The summed E-state index contributed by atoms with van der Waals surface area (Å²) in [5, 5.41) is 12.9. The SMILES string of the molecule is CSc1nc(C)nc(C)c1C(=O)NC(CCO)C(C)(C)C. The maximum absolute atomic E-state index is 12.6. The minimum absolute atomic E-state index is 0.0426. The van der Waals surface area contributed by atoms with E-state index < -0.39 is 0 Å². The standard InChI is InChI=1S/C15H25N3O2S/c1-9-12(14(21-6)17-10(2)16-9)13(20)18-11(7-8-19)15(3,4)5/h11,19H,7-8H2,1-6H3,(H,18,20). The summed E-state index contributed by atoms with van der Waals surface area (Å²) >= 11 is 1.44. The number of thioether (sulfide) groups is 1. The predicted molar refractivity (Wildman–Crippen MR) is 85.7 cm³/mol. The number of carbonyl (C=O) groups excluding carboxylic acids is 1. The van der Waals surface area contributed by atoms with Gasteiger partial charge in [0.1, 0.15) is 10.9 Å². The highest BCUT2D eigenvalue weighted by Gasteiger charge is 2.28. The largest absolute Gasteiger partial charge is 0.396 e. The van der Waals surface area contributed by atoms with Crippen LogP contribution in [0.25, 0.3) is 0 Å². The number of hydrogen-bond acceptors (Lipinski definition) is 5. The van der Waals surface area contributed by atoms with E-state index in [1.807, 2.05) is 40.9 Å². The molecule has 1 rings (SSSR count). The van der Waals surface area contributed by atoms with Crippen molar-refractivity contribution >= 4 is 17.7 Å². The average Bonchev–Trinajstić information content (AvgIpc) is 2.35. The van der Waals surface area contributed by atoms with Gasteiger partial charge in [-0.05, 0) is 31.9 Å². The van der Waals surface area contributed by atoms with Gasteiger partial charge in [0.15, 0.2) is 0 Å². The number of rotatable bonds is 5. The number of aliphatic hydroxyl groups is 1. The molecule has 0 saturated carbocycles. The smallest absolute Gasteiger partial charge is 0.256 e. The lowest BCUT2D eigenvalue weighted by molar-refractivity contribution is 0.0880. The number of aromatic nitrogens is 2. The maximum atomic E-state index is 12.6. The van der Waals surface area contributed by atoms with Crippen molar-refractivity contribution in [3.63, 3.8) is 0 Å². The molecule has 0 aromatic carbocycles. The molecule has 0 saturated heterocycles. The molecule has 0 radical (unpaired) electrons. The fraction of sp³-hybridized carbons (Fsp3) is 0.667. The first kappa shape index (κ1) is 17.9. The summed E-state index contributed by atoms with van der Waals surface area (Å²) in [4.78, 5) is 21.2. The lowest BCUT2D eigenvalue weighted by Crippen LogP contribution is -2.44. The fourth-order valence-electron chi connectivity index (χ4n) is 2.17. The van der Waals surface area contributed by atoms with E-state index in [9.17, 15) is 9.90 Å². The van der Waals surface area contributed by atoms with Crippen molar-refractivity contribution in [2.45, 2.75) is 52.1 Å². The quantitative estimate of drug-likeness (QED) is 0.645. The van der Waals surface area contributed by atoms with Crippen molar-refractivity contribution < 1.29 is 9.90 Å². The first-order valence-corrected chi connectivity index (χ1v) is 8.24. The summed E-state index contributed by atoms with van der Waals surface area (Å²) in [6, 6.07) is -0.106. The Morgan fingerprint density at radius 2 is 1.95 bits per heavy atom. The zero-order valence-electron chi connectivity index (χ0n) is 13.6. The Labute approximate surface area is 131 Å². The topological polar surface area (TPSA) is 75.1 Å². The summed E-state index contributed by atoms with van der Waals surface area (Å²) in [7, 11) is 0. The van der Waals surface area contributed by atoms with Crippen molar-refractivity contribution in [3.05, 3.63) is 17.1 Å². The normalized spacial score (nSPS) is 13.1. The highest BCUT2D eigenvalue weighted by molar-refractivity contribution is 7.98. The Kier molecular flexibility index (Phi) is 6.16. The highest BCUT2D eigenvalue weighted by Crippen LogP contribution is 2.24. The summed E-state index contributed by atoms with van der Waals surface area (Å²) in [5.41, 5.74) is 1.08. The third-order valence-corrected chi connectivity index (χ3v) is 4.04. The van der Waals surface area contributed by atoms with Gasteiger partial charge in [-0.25, -0.2) is 9.97 Å². The van der Waals surface area contributed by atoms with E-state index in [1.165, 1.54) is 11.8 Å². The Morgan fingerprint density at radius 3 is 2.43 bits per heavy atom. The van der Waals surface area contributed by atoms with E-state index in [0.717, 1.165) is 0 Å². The second-order valence-corrected chi connectivity index (χ2v) is 6.94. The first-order chi connectivity index (χ1) is 9.70. The van der Waals surface area contributed by atoms with E-state index in [2.05, 4.69) is 15.3 Å². The van der Waals surface area contributed by atoms with Crippen molar-refractivity contribution in [1.82, 2.24) is 15.3 Å². The molecule has 1 aromatic heterocycles. The van der Waals surface area contributed by atoms with Crippen molar-refractivity contribution in [2.24, 2.45) is 5.41 Å². The van der Waals surface area contributed by atoms with Gasteiger partial charge in [-0.2, -0.15) is 0 Å². The Hall–Kier alpha value is -1.14. The number of aryl methyl sites for hydroxylation is 2. The van der Waals surface area contributed by atoms with Gasteiger partial charge in [-0.15, -0.1) is 11.8 Å². The van der Waals surface area contributed by atoms with Crippen LogP contribution in [0.3, 0.4) is 0 Å². The molecule has 2 N–H and O–H groups in total. The number of nitrogens with one attached hydrogen (secondary N) is 1. The molecule has 0 aliphatic heterocycles. The minimum Gasteiger partial charge on any atom is -0.396 e. The molecule has 1 atom stereocenters. The van der Waals surface area contributed by atoms with Crippen LogP contribution in [-0.4, -0.2) is 39.9 Å². The van der Waals surface area contributed by atoms with Gasteiger partial charge in [0, 0.05) is 12.6 Å². The van der Waals surface area contributed by atoms with Crippen molar-refractivity contribution in [2.75, 3.05) is 12.9 Å². The van der Waals surface area contributed by atoms with E-state index >= 15 is 0 Å². The zero-order chi connectivity index (χ0) is 16.2. The van der Waals surface area contributed by atoms with Crippen molar-refractivity contribution in [1.29, 1.82) is 0 Å². The van der Waals surface area contributed by atoms with Gasteiger partial charge in [-0.3, -0.25) is 4.79 Å². The van der Waals surface area contributed by atoms with Gasteiger partial charge < -0.3 is 10.4 Å². The minimum atomic E-state index is -0.176. The lowest BCUT2D eigenvalue weighted by atomic mass is 9.84. The summed E-state index contributed by atoms with van der Waals surface area (Å²) < 4.78 is 0. The van der Waals surface area contributed by atoms with Crippen LogP contribution in [-0.2, 0) is 0 Å². The molecule has 5 nitrogen and oxygen atoms in total. The second kappa shape index (κ2) is 7.22. The van der Waals surface area contributed by atoms with Crippen LogP contribution in [0.5, 0.6) is 0 Å². The van der Waals surface area contributed by atoms with Gasteiger partial charge in [0.2, 0.25) is 0 Å². The monoisotopic (exact) mass is 311 g/mol. The summed E-state index contributed by atoms with van der Waals surface area (Å²) in [6.07, 6.45) is 2.42. The number of carbonyl (C=O) groups is 1. The number of amides is 1. The lowest BCUT2D eigenvalue weighted by Gasteiger charge is -2.31. The predicted octanol–water partition coefficient (Wildman–Crippen LogP) is 2.34. The fourth-order valence-corrected chi connectivity index (χ4v) is 2.84. The molecule has 21 heavy (non-hydrogen) atoms. The van der Waals surface area contributed by atoms with Crippen molar-refractivity contribution in [3.8, 4) is 0 Å². The molecule has 0 aliphatic carbocycles. The molecule has 0 fully saturated rings. The van der Waals surface area contributed by atoms with Gasteiger partial charge in [-0.1, -0.05) is 20.8 Å². The molecule has 1 aromatic rings. The highest BCUT2D eigenvalue weighted by atomic mass is 32.2. The Balaban J connectivity index is 3.08. The Morgan fingerprint density at radius 1 is 1.33 bits per heavy atom. The van der Waals surface area contributed by atoms with Crippen LogP contribution >= 0.6 is 11.8 Å². The van der Waals surface area contributed by atoms with Gasteiger partial charge in [0.05, 0.1) is 11.3 Å². The second-order valence-electron chi connectivity index (χ2n) is 6.14. The number of nitrogens with zero attached hydrogens (tertiary/aromatic N) is 2. The first-order valence-electron chi connectivity index (χ1n) is 7.01. The van der Waals surface area contributed by atoms with Gasteiger partial charge >= 0.3 is 0 Å². The van der Waals surface area contributed by atoms with Crippen LogP contribution < -0.4 is 5.32 Å². The van der Waals surface area contributed by atoms with E-state index in [4.69, 9.17) is 0 Å². The molecule has 0 aliphatic rings. The molecule has 118 valence electrons. The van der Waals surface area contributed by atoms with Crippen LogP contribution in [0.2, 0.25) is 0 Å². The molecular formula is C15H25N3O2S. The molecule has 0 spiro atoms. The van der Waals surface area contributed by atoms with E-state index in [0.29, 0.717) is 28.5 Å². The van der Waals surface area contributed by atoms with Crippen LogP contribution in [0.15, 0.2) is 5.03 Å². The molecule has 0 bridgehead atoms.